The summed E-state index contributed by atoms with van der Waals surface area (Å²) in [6.45, 7) is 2.03. The normalized spacial score (nSPS) is 10.4. The van der Waals surface area contributed by atoms with Crippen LogP contribution in [-0.4, -0.2) is 5.91 Å². The van der Waals surface area contributed by atoms with Crippen LogP contribution in [-0.2, 0) is 0 Å². The van der Waals surface area contributed by atoms with E-state index in [1.54, 1.807) is 0 Å². The Hall–Kier alpha value is -2.61. The molecule has 98 valence electrons. The molecule has 1 N–H and O–H groups in total. The third-order valence-electron chi connectivity index (χ3n) is 3.48. The molecule has 1 amide bonds. The average molecular weight is 261 g/mol. The zero-order chi connectivity index (χ0) is 13.9. The van der Waals surface area contributed by atoms with Crippen molar-refractivity contribution in [3.63, 3.8) is 0 Å². The van der Waals surface area contributed by atoms with Crippen LogP contribution in [0.25, 0.3) is 10.8 Å². The number of nitrogens with one attached hydrogen (secondary N) is 1. The second-order valence-corrected chi connectivity index (χ2v) is 4.78. The van der Waals surface area contributed by atoms with Gasteiger partial charge in [-0.15, -0.1) is 0 Å². The van der Waals surface area contributed by atoms with Crippen LogP contribution in [0.4, 0.5) is 5.69 Å². The fraction of sp³-hybridized carbons (Fsp3) is 0.0556. The lowest BCUT2D eigenvalue weighted by molar-refractivity contribution is 0.102. The van der Waals surface area contributed by atoms with E-state index in [0.717, 1.165) is 11.3 Å². The molecule has 2 nitrogen and oxygen atoms in total. The SMILES string of the molecule is Cc1c(NC(=O)c2ccccc2)ccc2ccccc12. The Morgan fingerprint density at radius 1 is 0.850 bits per heavy atom. The van der Waals surface area contributed by atoms with Crippen LogP contribution in [0.1, 0.15) is 15.9 Å². The van der Waals surface area contributed by atoms with E-state index in [0.29, 0.717) is 5.56 Å². The van der Waals surface area contributed by atoms with Crippen molar-refractivity contribution < 1.29 is 4.79 Å². The van der Waals surface area contributed by atoms with Gasteiger partial charge >= 0.3 is 0 Å². The van der Waals surface area contributed by atoms with E-state index in [-0.39, 0.29) is 5.91 Å². The maximum atomic E-state index is 12.2. The Morgan fingerprint density at radius 2 is 1.55 bits per heavy atom. The average Bonchev–Trinajstić information content (AvgIpc) is 2.51. The topological polar surface area (TPSA) is 29.1 Å². The molecule has 0 aliphatic carbocycles. The molecule has 3 rings (SSSR count). The first-order valence-corrected chi connectivity index (χ1v) is 6.60. The lowest BCUT2D eigenvalue weighted by Gasteiger charge is -2.11. The second kappa shape index (κ2) is 5.17. The molecule has 0 heterocycles. The summed E-state index contributed by atoms with van der Waals surface area (Å²) in [7, 11) is 0. The third kappa shape index (κ3) is 2.28. The summed E-state index contributed by atoms with van der Waals surface area (Å²) in [5.74, 6) is -0.0796. The van der Waals surface area contributed by atoms with E-state index >= 15 is 0 Å². The minimum Gasteiger partial charge on any atom is -0.322 e. The number of anilines is 1. The fourth-order valence-electron chi connectivity index (χ4n) is 2.35. The minimum absolute atomic E-state index is 0.0796. The molecule has 0 fully saturated rings. The van der Waals surface area contributed by atoms with Gasteiger partial charge in [-0.1, -0.05) is 48.5 Å². The van der Waals surface area contributed by atoms with E-state index in [2.05, 4.69) is 17.4 Å². The van der Waals surface area contributed by atoms with Crippen LogP contribution in [0.3, 0.4) is 0 Å². The molecule has 0 aliphatic rings. The Bertz CT molecular complexity index is 763. The molecular formula is C18H15NO. The molecule has 0 unspecified atom stereocenters. The highest BCUT2D eigenvalue weighted by Crippen LogP contribution is 2.25. The minimum atomic E-state index is -0.0796. The van der Waals surface area contributed by atoms with Gasteiger partial charge in [-0.05, 0) is 41.5 Å². The van der Waals surface area contributed by atoms with Crippen molar-refractivity contribution in [3.05, 3.63) is 77.9 Å². The second-order valence-electron chi connectivity index (χ2n) is 4.78. The molecule has 0 saturated carbocycles. The summed E-state index contributed by atoms with van der Waals surface area (Å²) < 4.78 is 0. The molecule has 0 saturated heterocycles. The largest absolute Gasteiger partial charge is 0.322 e. The fourth-order valence-corrected chi connectivity index (χ4v) is 2.35. The van der Waals surface area contributed by atoms with Gasteiger partial charge < -0.3 is 5.32 Å². The highest BCUT2D eigenvalue weighted by molar-refractivity contribution is 6.06. The Kier molecular flexibility index (Phi) is 3.21. The molecule has 0 aromatic heterocycles. The van der Waals surface area contributed by atoms with Crippen LogP contribution >= 0.6 is 0 Å². The lowest BCUT2D eigenvalue weighted by Crippen LogP contribution is -2.12. The van der Waals surface area contributed by atoms with Gasteiger partial charge in [0.1, 0.15) is 0 Å². The van der Waals surface area contributed by atoms with Gasteiger partial charge in [0.2, 0.25) is 0 Å². The van der Waals surface area contributed by atoms with Gasteiger partial charge in [0.15, 0.2) is 0 Å². The maximum Gasteiger partial charge on any atom is 0.255 e. The molecular weight excluding hydrogens is 246 g/mol. The van der Waals surface area contributed by atoms with Crippen LogP contribution < -0.4 is 5.32 Å². The van der Waals surface area contributed by atoms with Crippen LogP contribution in [0.15, 0.2) is 66.7 Å². The number of carbonyl (C=O) groups is 1. The monoisotopic (exact) mass is 261 g/mol. The Balaban J connectivity index is 1.95. The predicted molar refractivity (Wildman–Crippen MR) is 83.1 cm³/mol. The van der Waals surface area contributed by atoms with Gasteiger partial charge in [0.05, 0.1) is 0 Å². The highest BCUT2D eigenvalue weighted by atomic mass is 16.1. The van der Waals surface area contributed by atoms with E-state index in [1.165, 1.54) is 10.8 Å². The number of benzene rings is 3. The first-order valence-electron chi connectivity index (χ1n) is 6.60. The van der Waals surface area contributed by atoms with Crippen molar-refractivity contribution in [2.75, 3.05) is 5.32 Å². The summed E-state index contributed by atoms with van der Waals surface area (Å²) in [6.07, 6.45) is 0. The van der Waals surface area contributed by atoms with Crippen molar-refractivity contribution in [2.45, 2.75) is 6.92 Å². The van der Waals surface area contributed by atoms with Gasteiger partial charge in [-0.2, -0.15) is 0 Å². The lowest BCUT2D eigenvalue weighted by atomic mass is 10.0. The van der Waals surface area contributed by atoms with E-state index in [1.807, 2.05) is 61.5 Å². The number of carbonyl (C=O) groups excluding carboxylic acids is 1. The zero-order valence-corrected chi connectivity index (χ0v) is 11.3. The number of amides is 1. The zero-order valence-electron chi connectivity index (χ0n) is 11.3. The number of hydrogen-bond acceptors (Lipinski definition) is 1. The molecule has 20 heavy (non-hydrogen) atoms. The third-order valence-corrected chi connectivity index (χ3v) is 3.48. The quantitative estimate of drug-likeness (QED) is 0.727. The van der Waals surface area contributed by atoms with Gasteiger partial charge in [-0.25, -0.2) is 0 Å². The first kappa shape index (κ1) is 12.4. The highest BCUT2D eigenvalue weighted by Gasteiger charge is 2.08. The Labute approximate surface area is 118 Å². The van der Waals surface area contributed by atoms with E-state index in [9.17, 15) is 4.79 Å². The van der Waals surface area contributed by atoms with Crippen molar-refractivity contribution in [1.82, 2.24) is 0 Å². The maximum absolute atomic E-state index is 12.2. The molecule has 3 aromatic carbocycles. The molecule has 0 aliphatic heterocycles. The smallest absolute Gasteiger partial charge is 0.255 e. The number of aryl methyl sites for hydroxylation is 1. The predicted octanol–water partition coefficient (Wildman–Crippen LogP) is 4.40. The van der Waals surface area contributed by atoms with Crippen LogP contribution in [0.2, 0.25) is 0 Å². The Morgan fingerprint density at radius 3 is 2.35 bits per heavy atom. The summed E-state index contributed by atoms with van der Waals surface area (Å²) >= 11 is 0. The van der Waals surface area contributed by atoms with Gasteiger partial charge in [-0.3, -0.25) is 4.79 Å². The summed E-state index contributed by atoms with van der Waals surface area (Å²) in [5.41, 5.74) is 2.62. The molecule has 0 spiro atoms. The number of rotatable bonds is 2. The molecule has 0 bridgehead atoms. The molecule has 3 aromatic rings. The summed E-state index contributed by atoms with van der Waals surface area (Å²) in [5, 5.41) is 5.33. The summed E-state index contributed by atoms with van der Waals surface area (Å²) in [4.78, 5) is 12.2. The number of fused-ring (bicyclic) bond motifs is 1. The first-order chi connectivity index (χ1) is 9.75. The standard InChI is InChI=1S/C18H15NO/c1-13-16-10-6-5-7-14(16)11-12-17(13)19-18(20)15-8-3-2-4-9-15/h2-12H,1H3,(H,19,20). The van der Waals surface area contributed by atoms with Gasteiger partial charge in [0.25, 0.3) is 5.91 Å². The van der Waals surface area contributed by atoms with E-state index < -0.39 is 0 Å². The summed E-state index contributed by atoms with van der Waals surface area (Å²) in [6, 6.07) is 21.4. The van der Waals surface area contributed by atoms with Crippen LogP contribution in [0, 0.1) is 6.92 Å². The van der Waals surface area contributed by atoms with Gasteiger partial charge in [0, 0.05) is 11.3 Å². The molecule has 2 heteroatoms. The van der Waals surface area contributed by atoms with Crippen molar-refractivity contribution >= 4 is 22.4 Å². The molecule has 0 atom stereocenters. The van der Waals surface area contributed by atoms with Crippen molar-refractivity contribution in [1.29, 1.82) is 0 Å². The molecule has 0 radical (unpaired) electrons. The van der Waals surface area contributed by atoms with Crippen molar-refractivity contribution in [2.24, 2.45) is 0 Å². The number of hydrogen-bond donors (Lipinski definition) is 1. The van der Waals surface area contributed by atoms with Crippen molar-refractivity contribution in [3.8, 4) is 0 Å². The van der Waals surface area contributed by atoms with E-state index in [4.69, 9.17) is 0 Å². The van der Waals surface area contributed by atoms with Crippen LogP contribution in [0.5, 0.6) is 0 Å².